The second-order valence-corrected chi connectivity index (χ2v) is 7.31. The third-order valence-electron chi connectivity index (χ3n) is 3.74. The predicted molar refractivity (Wildman–Crippen MR) is 101 cm³/mol. The molecule has 0 fully saturated rings. The van der Waals surface area contributed by atoms with Gasteiger partial charge in [0.15, 0.2) is 15.9 Å². The first kappa shape index (κ1) is 16.8. The summed E-state index contributed by atoms with van der Waals surface area (Å²) in [7, 11) is 1.90. The van der Waals surface area contributed by atoms with Crippen LogP contribution in [0.25, 0.3) is 4.96 Å². The molecular formula is C17H15N5O2S2. The second-order valence-electron chi connectivity index (χ2n) is 5.49. The largest absolute Gasteiger partial charge is 0.486 e. The van der Waals surface area contributed by atoms with Crippen LogP contribution in [0.1, 0.15) is 11.5 Å². The molecule has 0 atom stereocenters. The van der Waals surface area contributed by atoms with Crippen LogP contribution in [-0.4, -0.2) is 24.1 Å². The molecule has 26 heavy (non-hydrogen) atoms. The molecule has 3 aromatic heterocycles. The van der Waals surface area contributed by atoms with Crippen LogP contribution in [0.15, 0.2) is 57.9 Å². The summed E-state index contributed by atoms with van der Waals surface area (Å²) in [6.45, 7) is 0.342. The zero-order chi connectivity index (χ0) is 17.9. The molecule has 0 aliphatic rings. The smallest absolute Gasteiger partial charge is 0.258 e. The number of aromatic nitrogens is 5. The number of ether oxygens (including phenoxy) is 1. The van der Waals surface area contributed by atoms with Gasteiger partial charge in [-0.2, -0.15) is 0 Å². The van der Waals surface area contributed by atoms with Crippen molar-refractivity contribution in [3.05, 3.63) is 69.8 Å². The molecule has 0 saturated carbocycles. The molecule has 0 saturated heterocycles. The van der Waals surface area contributed by atoms with Gasteiger partial charge in [-0.1, -0.05) is 30.0 Å². The highest BCUT2D eigenvalue weighted by Crippen LogP contribution is 2.21. The van der Waals surface area contributed by atoms with Gasteiger partial charge in [0.2, 0.25) is 0 Å². The van der Waals surface area contributed by atoms with Crippen molar-refractivity contribution < 1.29 is 4.74 Å². The SMILES string of the molecule is Cn1c(COc2ccccc2)nnc1SCc1cc(=O)n2ccsc2n1. The number of fused-ring (bicyclic) bond motifs is 1. The molecule has 0 amide bonds. The van der Waals surface area contributed by atoms with Crippen molar-refractivity contribution >= 4 is 28.1 Å². The zero-order valence-electron chi connectivity index (χ0n) is 13.9. The fraction of sp³-hybridized carbons (Fsp3) is 0.176. The molecule has 0 bridgehead atoms. The molecule has 4 aromatic rings. The van der Waals surface area contributed by atoms with Gasteiger partial charge < -0.3 is 9.30 Å². The lowest BCUT2D eigenvalue weighted by molar-refractivity contribution is 0.290. The van der Waals surface area contributed by atoms with Crippen molar-refractivity contribution in [3.8, 4) is 5.75 Å². The van der Waals surface area contributed by atoms with Crippen LogP contribution >= 0.6 is 23.1 Å². The fourth-order valence-electron chi connectivity index (χ4n) is 2.36. The average Bonchev–Trinajstić information content (AvgIpc) is 3.26. The first-order chi connectivity index (χ1) is 12.7. The molecule has 0 spiro atoms. The number of nitrogens with zero attached hydrogens (tertiary/aromatic N) is 5. The van der Waals surface area contributed by atoms with Gasteiger partial charge in [-0.25, -0.2) is 4.98 Å². The lowest BCUT2D eigenvalue weighted by Gasteiger charge is -2.06. The summed E-state index contributed by atoms with van der Waals surface area (Å²) in [5.74, 6) is 2.08. The third kappa shape index (κ3) is 3.49. The quantitative estimate of drug-likeness (QED) is 0.475. The van der Waals surface area contributed by atoms with Crippen LogP contribution < -0.4 is 10.3 Å². The van der Waals surface area contributed by atoms with Gasteiger partial charge in [0.25, 0.3) is 5.56 Å². The molecule has 7 nitrogen and oxygen atoms in total. The van der Waals surface area contributed by atoms with Gasteiger partial charge in [-0.3, -0.25) is 9.20 Å². The van der Waals surface area contributed by atoms with Gasteiger partial charge in [0, 0.05) is 30.4 Å². The van der Waals surface area contributed by atoms with E-state index in [1.165, 1.54) is 23.1 Å². The van der Waals surface area contributed by atoms with Gasteiger partial charge >= 0.3 is 0 Å². The summed E-state index contributed by atoms with van der Waals surface area (Å²) >= 11 is 2.93. The molecule has 4 rings (SSSR count). The van der Waals surface area contributed by atoms with Crippen LogP contribution in [0.5, 0.6) is 5.75 Å². The highest BCUT2D eigenvalue weighted by atomic mass is 32.2. The minimum absolute atomic E-state index is 0.0678. The Hall–Kier alpha value is -2.65. The second kappa shape index (κ2) is 7.30. The molecule has 132 valence electrons. The highest BCUT2D eigenvalue weighted by molar-refractivity contribution is 7.98. The van der Waals surface area contributed by atoms with Crippen LogP contribution in [0.2, 0.25) is 0 Å². The lowest BCUT2D eigenvalue weighted by Crippen LogP contribution is -2.12. The van der Waals surface area contributed by atoms with E-state index in [0.717, 1.165) is 22.4 Å². The number of rotatable bonds is 6. The van der Waals surface area contributed by atoms with Crippen LogP contribution in [0.4, 0.5) is 0 Å². The van der Waals surface area contributed by atoms with Crippen molar-refractivity contribution in [2.24, 2.45) is 7.05 Å². The Bertz CT molecular complexity index is 1090. The Kier molecular flexibility index (Phi) is 4.72. The van der Waals surface area contributed by atoms with E-state index < -0.39 is 0 Å². The minimum Gasteiger partial charge on any atom is -0.486 e. The van der Waals surface area contributed by atoms with Crippen LogP contribution in [0.3, 0.4) is 0 Å². The van der Waals surface area contributed by atoms with Crippen molar-refractivity contribution in [2.75, 3.05) is 0 Å². The summed E-state index contributed by atoms with van der Waals surface area (Å²) in [4.78, 5) is 17.2. The van der Waals surface area contributed by atoms with Crippen molar-refractivity contribution in [1.82, 2.24) is 24.1 Å². The average molecular weight is 385 g/mol. The van der Waals surface area contributed by atoms with E-state index in [1.807, 2.05) is 47.3 Å². The molecule has 1 aromatic carbocycles. The number of para-hydroxylation sites is 1. The van der Waals surface area contributed by atoms with E-state index in [0.29, 0.717) is 17.3 Å². The van der Waals surface area contributed by atoms with Crippen molar-refractivity contribution in [2.45, 2.75) is 17.5 Å². The Morgan fingerprint density at radius 2 is 2.08 bits per heavy atom. The van der Waals surface area contributed by atoms with Gasteiger partial charge in [0.1, 0.15) is 12.4 Å². The molecule has 0 unspecified atom stereocenters. The van der Waals surface area contributed by atoms with E-state index in [-0.39, 0.29) is 5.56 Å². The number of benzene rings is 1. The first-order valence-electron chi connectivity index (χ1n) is 7.85. The Morgan fingerprint density at radius 3 is 2.92 bits per heavy atom. The van der Waals surface area contributed by atoms with E-state index in [1.54, 1.807) is 16.7 Å². The summed E-state index contributed by atoms with van der Waals surface area (Å²) < 4.78 is 9.15. The zero-order valence-corrected chi connectivity index (χ0v) is 15.5. The van der Waals surface area contributed by atoms with E-state index in [2.05, 4.69) is 15.2 Å². The van der Waals surface area contributed by atoms with Crippen LogP contribution in [0, 0.1) is 0 Å². The number of thioether (sulfide) groups is 1. The first-order valence-corrected chi connectivity index (χ1v) is 9.72. The Balaban J connectivity index is 1.43. The van der Waals surface area contributed by atoms with E-state index in [9.17, 15) is 4.79 Å². The maximum Gasteiger partial charge on any atom is 0.258 e. The van der Waals surface area contributed by atoms with Crippen molar-refractivity contribution in [1.29, 1.82) is 0 Å². The molecule has 3 heterocycles. The number of hydrogen-bond acceptors (Lipinski definition) is 7. The maximum atomic E-state index is 12.0. The molecule has 0 N–H and O–H groups in total. The number of hydrogen-bond donors (Lipinski definition) is 0. The monoisotopic (exact) mass is 385 g/mol. The Morgan fingerprint density at radius 1 is 1.23 bits per heavy atom. The van der Waals surface area contributed by atoms with E-state index in [4.69, 9.17) is 4.74 Å². The fourth-order valence-corrected chi connectivity index (χ4v) is 3.92. The van der Waals surface area contributed by atoms with E-state index >= 15 is 0 Å². The minimum atomic E-state index is -0.0678. The molecule has 0 radical (unpaired) electrons. The summed E-state index contributed by atoms with van der Waals surface area (Å²) in [6, 6.07) is 11.1. The summed E-state index contributed by atoms with van der Waals surface area (Å²) in [5.41, 5.74) is 0.661. The lowest BCUT2D eigenvalue weighted by atomic mass is 10.3. The standard InChI is InChI=1S/C17H15N5O2S2/c1-21-14(10-24-13-5-3-2-4-6-13)19-20-17(21)26-11-12-9-15(23)22-7-8-25-16(22)18-12/h2-9H,10-11H2,1H3. The normalized spacial score (nSPS) is 11.1. The number of thiazole rings is 1. The molecular weight excluding hydrogens is 370 g/mol. The van der Waals surface area contributed by atoms with Gasteiger partial charge in [-0.15, -0.1) is 21.5 Å². The van der Waals surface area contributed by atoms with Crippen molar-refractivity contribution in [3.63, 3.8) is 0 Å². The predicted octanol–water partition coefficient (Wildman–Crippen LogP) is 2.76. The van der Waals surface area contributed by atoms with Crippen LogP contribution in [-0.2, 0) is 19.4 Å². The highest BCUT2D eigenvalue weighted by Gasteiger charge is 2.11. The van der Waals surface area contributed by atoms with Gasteiger partial charge in [0.05, 0.1) is 5.69 Å². The van der Waals surface area contributed by atoms with Gasteiger partial charge in [-0.05, 0) is 12.1 Å². The topological polar surface area (TPSA) is 74.3 Å². The maximum absolute atomic E-state index is 12.0. The molecule has 0 aliphatic carbocycles. The molecule has 9 heteroatoms. The Labute approximate surface area is 157 Å². The summed E-state index contributed by atoms with van der Waals surface area (Å²) in [6.07, 6.45) is 1.73. The third-order valence-corrected chi connectivity index (χ3v) is 5.55. The summed E-state index contributed by atoms with van der Waals surface area (Å²) in [5, 5.41) is 11.0. The molecule has 0 aliphatic heterocycles.